The lowest BCUT2D eigenvalue weighted by Gasteiger charge is -2.32. The second-order valence-electron chi connectivity index (χ2n) is 6.63. The zero-order chi connectivity index (χ0) is 20.1. The maximum atomic E-state index is 12.5. The van der Waals surface area contributed by atoms with Gasteiger partial charge >= 0.3 is 0 Å². The van der Waals surface area contributed by atoms with E-state index in [-0.39, 0.29) is 18.5 Å². The van der Waals surface area contributed by atoms with E-state index in [1.165, 1.54) is 0 Å². The third-order valence-corrected chi connectivity index (χ3v) is 4.73. The van der Waals surface area contributed by atoms with Crippen LogP contribution in [0.2, 0.25) is 0 Å². The van der Waals surface area contributed by atoms with E-state index in [1.54, 1.807) is 11.8 Å². The molecular weight excluding hydrogens is 368 g/mol. The molecule has 1 aliphatic rings. The van der Waals surface area contributed by atoms with Crippen molar-refractivity contribution in [2.75, 3.05) is 31.7 Å². The van der Waals surface area contributed by atoms with Gasteiger partial charge in [-0.25, -0.2) is 0 Å². The number of fused-ring (bicyclic) bond motifs is 1. The predicted molar refractivity (Wildman–Crippen MR) is 109 cm³/mol. The topological polar surface area (TPSA) is 85.2 Å². The lowest BCUT2D eigenvalue weighted by atomic mass is 10.0. The van der Waals surface area contributed by atoms with E-state index in [4.69, 9.17) is 4.74 Å². The summed E-state index contributed by atoms with van der Waals surface area (Å²) in [7, 11) is 1.60. The smallest absolute Gasteiger partial charge is 0.251 e. The van der Waals surface area contributed by atoms with Crippen molar-refractivity contribution in [3.63, 3.8) is 0 Å². The molecule has 0 saturated heterocycles. The number of nitrogens with zero attached hydrogens (tertiary/aromatic N) is 5. The van der Waals surface area contributed by atoms with Crippen LogP contribution in [0.1, 0.15) is 17.2 Å². The van der Waals surface area contributed by atoms with Crippen molar-refractivity contribution in [2.45, 2.75) is 6.04 Å². The van der Waals surface area contributed by atoms with Crippen molar-refractivity contribution < 1.29 is 9.53 Å². The van der Waals surface area contributed by atoms with Crippen molar-refractivity contribution in [1.29, 1.82) is 0 Å². The molecule has 1 N–H and O–H groups in total. The molecule has 1 amide bonds. The molecule has 8 nitrogen and oxygen atoms in total. The van der Waals surface area contributed by atoms with Gasteiger partial charge in [-0.1, -0.05) is 65.8 Å². The molecule has 2 aromatic carbocycles. The number of anilines is 1. The van der Waals surface area contributed by atoms with E-state index in [0.29, 0.717) is 19.1 Å². The van der Waals surface area contributed by atoms with Gasteiger partial charge in [-0.2, -0.15) is 4.68 Å². The number of benzene rings is 2. The molecule has 29 heavy (non-hydrogen) atoms. The third kappa shape index (κ3) is 4.02. The number of aromatic nitrogens is 4. The predicted octanol–water partition coefficient (Wildman–Crippen LogP) is 1.89. The summed E-state index contributed by atoms with van der Waals surface area (Å²) in [6.07, 6.45) is 2.09. The minimum Gasteiger partial charge on any atom is -0.383 e. The standard InChI is InChI=1S/C21H22N6O2/c1-29-13-12-22-20(28)15-26-18(16-8-4-2-5-9-16)14-19(17-10-6-3-7-11-17)27-21(26)23-24-25-27/h2-11,14,19H,12-13,15H2,1H3,(H,22,28)/t19-/m1/s1. The van der Waals surface area contributed by atoms with Gasteiger partial charge in [-0.3, -0.25) is 9.69 Å². The Morgan fingerprint density at radius 1 is 1.10 bits per heavy atom. The normalized spacial score (nSPS) is 15.6. The average molecular weight is 390 g/mol. The average Bonchev–Trinajstić information content (AvgIpc) is 3.25. The van der Waals surface area contributed by atoms with Crippen molar-refractivity contribution in [1.82, 2.24) is 25.5 Å². The first kappa shape index (κ1) is 18.8. The summed E-state index contributed by atoms with van der Waals surface area (Å²) in [5.41, 5.74) is 2.95. The van der Waals surface area contributed by atoms with Crippen LogP contribution in [0.15, 0.2) is 66.7 Å². The summed E-state index contributed by atoms with van der Waals surface area (Å²) in [6.45, 7) is 1.01. The minimum atomic E-state index is -0.163. The minimum absolute atomic E-state index is 0.103. The van der Waals surface area contributed by atoms with Gasteiger partial charge < -0.3 is 10.1 Å². The highest BCUT2D eigenvalue weighted by Crippen LogP contribution is 2.35. The van der Waals surface area contributed by atoms with Crippen LogP contribution in [-0.2, 0) is 9.53 Å². The van der Waals surface area contributed by atoms with Crippen molar-refractivity contribution in [3.8, 4) is 0 Å². The zero-order valence-electron chi connectivity index (χ0n) is 16.1. The van der Waals surface area contributed by atoms with Gasteiger partial charge in [0.1, 0.15) is 12.6 Å². The Bertz CT molecular complexity index is 987. The van der Waals surface area contributed by atoms with E-state index >= 15 is 0 Å². The van der Waals surface area contributed by atoms with Gasteiger partial charge in [-0.05, 0) is 27.6 Å². The molecule has 8 heteroatoms. The van der Waals surface area contributed by atoms with E-state index in [1.807, 2.05) is 65.6 Å². The quantitative estimate of drug-likeness (QED) is 0.620. The summed E-state index contributed by atoms with van der Waals surface area (Å²) in [6, 6.07) is 19.8. The fraction of sp³-hybridized carbons (Fsp3) is 0.238. The van der Waals surface area contributed by atoms with Gasteiger partial charge in [0, 0.05) is 13.7 Å². The molecule has 0 saturated carbocycles. The number of allylic oxidation sites excluding steroid dienone is 1. The summed E-state index contributed by atoms with van der Waals surface area (Å²) in [5, 5.41) is 15.1. The number of carbonyl (C=O) groups excluding carboxylic acids is 1. The Balaban J connectivity index is 1.72. The highest BCUT2D eigenvalue weighted by Gasteiger charge is 2.31. The lowest BCUT2D eigenvalue weighted by Crippen LogP contribution is -2.40. The van der Waals surface area contributed by atoms with Gasteiger partial charge in [0.2, 0.25) is 5.91 Å². The SMILES string of the molecule is COCCNC(=O)CN1C(c2ccccc2)=C[C@H](c2ccccc2)n2nnnc21. The summed E-state index contributed by atoms with van der Waals surface area (Å²) in [5.74, 6) is 0.402. The van der Waals surface area contributed by atoms with Crippen LogP contribution >= 0.6 is 0 Å². The van der Waals surface area contributed by atoms with E-state index in [9.17, 15) is 4.79 Å². The maximum absolute atomic E-state index is 12.5. The molecule has 1 atom stereocenters. The van der Waals surface area contributed by atoms with Crippen LogP contribution in [0.3, 0.4) is 0 Å². The van der Waals surface area contributed by atoms with Gasteiger partial charge in [0.25, 0.3) is 5.95 Å². The molecule has 4 rings (SSSR count). The van der Waals surface area contributed by atoms with Crippen molar-refractivity contribution >= 4 is 17.6 Å². The molecule has 0 bridgehead atoms. The third-order valence-electron chi connectivity index (χ3n) is 4.73. The second-order valence-corrected chi connectivity index (χ2v) is 6.63. The van der Waals surface area contributed by atoms with Crippen LogP contribution < -0.4 is 10.2 Å². The zero-order valence-corrected chi connectivity index (χ0v) is 16.1. The van der Waals surface area contributed by atoms with E-state index in [2.05, 4.69) is 26.9 Å². The van der Waals surface area contributed by atoms with Crippen LogP contribution in [0, 0.1) is 0 Å². The summed E-state index contributed by atoms with van der Waals surface area (Å²) in [4.78, 5) is 14.4. The molecule has 0 spiro atoms. The van der Waals surface area contributed by atoms with E-state index in [0.717, 1.165) is 16.8 Å². The number of hydrogen-bond donors (Lipinski definition) is 1. The number of tetrazole rings is 1. The fourth-order valence-corrected chi connectivity index (χ4v) is 3.36. The first-order valence-electron chi connectivity index (χ1n) is 9.41. The molecule has 1 aliphatic heterocycles. The number of ether oxygens (including phenoxy) is 1. The first-order valence-corrected chi connectivity index (χ1v) is 9.41. The van der Waals surface area contributed by atoms with Gasteiger partial charge in [0.15, 0.2) is 0 Å². The molecule has 1 aromatic heterocycles. The Labute approximate surface area is 168 Å². The highest BCUT2D eigenvalue weighted by atomic mass is 16.5. The molecule has 0 aliphatic carbocycles. The largest absolute Gasteiger partial charge is 0.383 e. The van der Waals surface area contributed by atoms with Crippen molar-refractivity contribution in [3.05, 3.63) is 77.9 Å². The number of rotatable bonds is 7. The van der Waals surface area contributed by atoms with Crippen LogP contribution in [-0.4, -0.2) is 52.9 Å². The number of hydrogen-bond acceptors (Lipinski definition) is 6. The molecule has 148 valence electrons. The Morgan fingerprint density at radius 2 is 1.83 bits per heavy atom. The Morgan fingerprint density at radius 3 is 2.55 bits per heavy atom. The van der Waals surface area contributed by atoms with Crippen LogP contribution in [0.4, 0.5) is 5.95 Å². The molecular formula is C21H22N6O2. The molecule has 2 heterocycles. The number of methoxy groups -OCH3 is 1. The molecule has 0 radical (unpaired) electrons. The first-order chi connectivity index (χ1) is 14.3. The van der Waals surface area contributed by atoms with Crippen LogP contribution in [0.5, 0.6) is 0 Å². The fourth-order valence-electron chi connectivity index (χ4n) is 3.36. The lowest BCUT2D eigenvalue weighted by molar-refractivity contribution is -0.119. The Hall–Kier alpha value is -3.52. The number of nitrogens with one attached hydrogen (secondary N) is 1. The van der Waals surface area contributed by atoms with Gasteiger partial charge in [-0.15, -0.1) is 0 Å². The molecule has 0 fully saturated rings. The van der Waals surface area contributed by atoms with Gasteiger partial charge in [0.05, 0.1) is 12.3 Å². The maximum Gasteiger partial charge on any atom is 0.251 e. The number of carbonyl (C=O) groups is 1. The van der Waals surface area contributed by atoms with E-state index < -0.39 is 0 Å². The molecule has 0 unspecified atom stereocenters. The van der Waals surface area contributed by atoms with Crippen molar-refractivity contribution in [2.24, 2.45) is 0 Å². The second kappa shape index (κ2) is 8.66. The molecule has 3 aromatic rings. The summed E-state index contributed by atoms with van der Waals surface area (Å²) < 4.78 is 6.74. The highest BCUT2D eigenvalue weighted by molar-refractivity contribution is 5.89. The number of amides is 1. The Kier molecular flexibility index (Phi) is 5.62. The summed E-state index contributed by atoms with van der Waals surface area (Å²) >= 11 is 0. The van der Waals surface area contributed by atoms with Crippen LogP contribution in [0.25, 0.3) is 5.70 Å². The monoisotopic (exact) mass is 390 g/mol.